The summed E-state index contributed by atoms with van der Waals surface area (Å²) in [5, 5.41) is 22.0. The molecule has 1 amide bonds. The third kappa shape index (κ3) is 14.9. The van der Waals surface area contributed by atoms with E-state index in [1.54, 1.807) is 20.8 Å². The van der Waals surface area contributed by atoms with Crippen molar-refractivity contribution in [2.24, 2.45) is 5.41 Å². The molecule has 12 nitrogen and oxygen atoms in total. The van der Waals surface area contributed by atoms with Crippen LogP contribution in [0.5, 0.6) is 0 Å². The molecule has 1 saturated heterocycles. The summed E-state index contributed by atoms with van der Waals surface area (Å²) < 4.78 is 45.2. The summed E-state index contributed by atoms with van der Waals surface area (Å²) in [5.41, 5.74) is -0.998. The third-order valence-electron chi connectivity index (χ3n) is 4.83. The molecular weight excluding hydrogens is 497 g/mol. The number of hydrogen-bond acceptors (Lipinski definition) is 10. The van der Waals surface area contributed by atoms with E-state index in [4.69, 9.17) is 28.0 Å². The van der Waals surface area contributed by atoms with Crippen LogP contribution in [0.2, 0.25) is 0 Å². The van der Waals surface area contributed by atoms with Gasteiger partial charge < -0.3 is 39.4 Å². The fourth-order valence-corrected chi connectivity index (χ4v) is 4.86. The fraction of sp³-hybridized carbons (Fsp3) is 0.957. The SMILES string of the molecule is CC(=O)N[C@@H]1C[C@@H](O)[C@@H](CO)OC1OCCOCCOC[C@@H](CC(C)(C)C)OP(=O)(O)OC(C)(C)C. The third-order valence-corrected chi connectivity index (χ3v) is 6.17. The van der Waals surface area contributed by atoms with Crippen LogP contribution in [-0.4, -0.2) is 96.9 Å². The van der Waals surface area contributed by atoms with Gasteiger partial charge in [0.2, 0.25) is 5.91 Å². The van der Waals surface area contributed by atoms with Crippen LogP contribution in [0.15, 0.2) is 0 Å². The second-order valence-corrected chi connectivity index (χ2v) is 12.4. The van der Waals surface area contributed by atoms with Gasteiger partial charge in [-0.2, -0.15) is 0 Å². The first-order chi connectivity index (χ1) is 16.5. The molecule has 0 aromatic heterocycles. The van der Waals surface area contributed by atoms with Crippen LogP contribution >= 0.6 is 7.82 Å². The molecule has 0 radical (unpaired) electrons. The van der Waals surface area contributed by atoms with Crippen LogP contribution in [0.1, 0.15) is 61.3 Å². The summed E-state index contributed by atoms with van der Waals surface area (Å²) in [5.74, 6) is -0.281. The van der Waals surface area contributed by atoms with Crippen molar-refractivity contribution >= 4 is 13.7 Å². The summed E-state index contributed by atoms with van der Waals surface area (Å²) in [4.78, 5) is 21.5. The first-order valence-electron chi connectivity index (χ1n) is 12.2. The predicted octanol–water partition coefficient (Wildman–Crippen LogP) is 1.75. The number of hydrogen-bond donors (Lipinski definition) is 4. The number of amides is 1. The molecule has 0 saturated carbocycles. The van der Waals surface area contributed by atoms with Gasteiger partial charge in [-0.1, -0.05) is 20.8 Å². The zero-order chi connectivity index (χ0) is 27.6. The highest BCUT2D eigenvalue weighted by Gasteiger charge is 2.38. The summed E-state index contributed by atoms with van der Waals surface area (Å²) in [6, 6.07) is -0.548. The maximum atomic E-state index is 12.4. The number of carbonyl (C=O) groups is 1. The molecule has 0 bridgehead atoms. The molecule has 214 valence electrons. The maximum absolute atomic E-state index is 12.4. The Morgan fingerprint density at radius 3 is 2.28 bits per heavy atom. The van der Waals surface area contributed by atoms with E-state index in [0.717, 1.165) is 0 Å². The standard InChI is InChI=1S/C23H46NO11P/c1-16(26)24-18-12-19(27)20(14-25)33-21(18)32-11-10-30-8-9-31-15-17(13-22(2,3)4)34-36(28,29)35-23(5,6)7/h17-21,25,27H,8-15H2,1-7H3,(H,24,26)(H,28,29)/t17-,18-,19-,20-,21?/m1/s1. The molecule has 36 heavy (non-hydrogen) atoms. The van der Waals surface area contributed by atoms with Crippen molar-refractivity contribution in [2.75, 3.05) is 39.6 Å². The van der Waals surface area contributed by atoms with E-state index in [1.165, 1.54) is 6.92 Å². The lowest BCUT2D eigenvalue weighted by Crippen LogP contribution is -2.56. The van der Waals surface area contributed by atoms with E-state index >= 15 is 0 Å². The number of rotatable bonds is 15. The zero-order valence-electron chi connectivity index (χ0n) is 22.6. The van der Waals surface area contributed by atoms with Crippen LogP contribution in [0.25, 0.3) is 0 Å². The Morgan fingerprint density at radius 2 is 1.72 bits per heavy atom. The molecule has 2 unspecified atom stereocenters. The van der Waals surface area contributed by atoms with Gasteiger partial charge in [0, 0.05) is 13.3 Å². The van der Waals surface area contributed by atoms with Crippen LogP contribution in [0.3, 0.4) is 0 Å². The van der Waals surface area contributed by atoms with Gasteiger partial charge in [0.25, 0.3) is 0 Å². The topological polar surface area (TPSA) is 162 Å². The van der Waals surface area contributed by atoms with E-state index in [9.17, 15) is 24.5 Å². The Morgan fingerprint density at radius 1 is 1.11 bits per heavy atom. The Labute approximate surface area is 214 Å². The normalized spacial score (nSPS) is 25.8. The molecule has 6 atom stereocenters. The largest absolute Gasteiger partial charge is 0.473 e. The second kappa shape index (κ2) is 15.1. The van der Waals surface area contributed by atoms with Crippen molar-refractivity contribution in [3.63, 3.8) is 0 Å². The zero-order valence-corrected chi connectivity index (χ0v) is 23.5. The van der Waals surface area contributed by atoms with Crippen molar-refractivity contribution in [1.82, 2.24) is 5.32 Å². The lowest BCUT2D eigenvalue weighted by molar-refractivity contribution is -0.244. The van der Waals surface area contributed by atoms with E-state index < -0.39 is 44.1 Å². The first kappa shape index (κ1) is 33.4. The minimum atomic E-state index is -4.26. The maximum Gasteiger partial charge on any atom is 0.473 e. The fourth-order valence-electron chi connectivity index (χ4n) is 3.61. The number of ether oxygens (including phenoxy) is 4. The summed E-state index contributed by atoms with van der Waals surface area (Å²) >= 11 is 0. The summed E-state index contributed by atoms with van der Waals surface area (Å²) in [6.45, 7) is 12.9. The molecule has 1 rings (SSSR count). The van der Waals surface area contributed by atoms with Crippen LogP contribution in [0, 0.1) is 5.41 Å². The molecule has 0 aromatic rings. The Hall–Kier alpha value is -0.660. The molecule has 4 N–H and O–H groups in total. The van der Waals surface area contributed by atoms with E-state index in [1.807, 2.05) is 20.8 Å². The van der Waals surface area contributed by atoms with Crippen LogP contribution in [-0.2, 0) is 37.4 Å². The monoisotopic (exact) mass is 543 g/mol. The van der Waals surface area contributed by atoms with E-state index in [-0.39, 0.29) is 57.4 Å². The average Bonchev–Trinajstić information content (AvgIpc) is 2.67. The Bertz CT molecular complexity index is 695. The number of carbonyl (C=O) groups excluding carboxylic acids is 1. The number of aliphatic hydroxyl groups is 2. The minimum absolute atomic E-state index is 0.0916. The number of phosphoric ester groups is 1. The number of phosphoric acid groups is 1. The molecular formula is C23H46NO11P. The Balaban J connectivity index is 2.39. The lowest BCUT2D eigenvalue weighted by atomic mass is 9.89. The van der Waals surface area contributed by atoms with Gasteiger partial charge in [0.1, 0.15) is 6.10 Å². The van der Waals surface area contributed by atoms with Crippen LogP contribution < -0.4 is 5.32 Å². The van der Waals surface area contributed by atoms with Crippen molar-refractivity contribution in [1.29, 1.82) is 0 Å². The predicted molar refractivity (Wildman–Crippen MR) is 131 cm³/mol. The van der Waals surface area contributed by atoms with Gasteiger partial charge in [-0.05, 0) is 32.6 Å². The van der Waals surface area contributed by atoms with Crippen molar-refractivity contribution in [3.05, 3.63) is 0 Å². The van der Waals surface area contributed by atoms with Crippen LogP contribution in [0.4, 0.5) is 0 Å². The molecule has 1 fully saturated rings. The quantitative estimate of drug-likeness (QED) is 0.176. The highest BCUT2D eigenvalue weighted by atomic mass is 31.2. The molecule has 0 aromatic carbocycles. The number of aliphatic hydroxyl groups excluding tert-OH is 2. The second-order valence-electron chi connectivity index (χ2n) is 11.1. The van der Waals surface area contributed by atoms with Gasteiger partial charge in [-0.3, -0.25) is 13.8 Å². The van der Waals surface area contributed by atoms with Crippen molar-refractivity contribution in [2.45, 2.75) is 97.6 Å². The molecule has 1 aliphatic heterocycles. The first-order valence-corrected chi connectivity index (χ1v) is 13.7. The molecule has 1 heterocycles. The molecule has 0 aliphatic carbocycles. The summed E-state index contributed by atoms with van der Waals surface area (Å²) in [7, 11) is -4.26. The minimum Gasteiger partial charge on any atom is -0.394 e. The van der Waals surface area contributed by atoms with Gasteiger partial charge in [-0.15, -0.1) is 0 Å². The number of nitrogens with one attached hydrogen (secondary N) is 1. The lowest BCUT2D eigenvalue weighted by Gasteiger charge is -2.38. The Kier molecular flexibility index (Phi) is 14.0. The van der Waals surface area contributed by atoms with E-state index in [0.29, 0.717) is 6.42 Å². The van der Waals surface area contributed by atoms with Gasteiger partial charge in [0.05, 0.1) is 63.5 Å². The molecule has 1 aliphatic rings. The van der Waals surface area contributed by atoms with Gasteiger partial charge >= 0.3 is 7.82 Å². The highest BCUT2D eigenvalue weighted by Crippen LogP contribution is 2.49. The highest BCUT2D eigenvalue weighted by molar-refractivity contribution is 7.47. The smallest absolute Gasteiger partial charge is 0.394 e. The van der Waals surface area contributed by atoms with Gasteiger partial charge in [0.15, 0.2) is 6.29 Å². The van der Waals surface area contributed by atoms with Gasteiger partial charge in [-0.25, -0.2) is 4.57 Å². The molecule has 0 spiro atoms. The molecule has 13 heteroatoms. The van der Waals surface area contributed by atoms with Crippen molar-refractivity contribution in [3.8, 4) is 0 Å². The van der Waals surface area contributed by atoms with E-state index in [2.05, 4.69) is 5.32 Å². The average molecular weight is 544 g/mol. The summed E-state index contributed by atoms with van der Waals surface area (Å²) in [6.07, 6.45) is -2.49. The van der Waals surface area contributed by atoms with Crippen molar-refractivity contribution < 1.29 is 52.5 Å².